The number of fused-ring (bicyclic) bond motifs is 1. The Bertz CT molecular complexity index is 932. The Morgan fingerprint density at radius 3 is 2.93 bits per heavy atom. The number of ether oxygens (including phenoxy) is 1. The molecule has 1 saturated heterocycles. The van der Waals surface area contributed by atoms with Crippen molar-refractivity contribution in [2.75, 3.05) is 13.7 Å². The number of carbonyl (C=O) groups is 2. The van der Waals surface area contributed by atoms with Crippen LogP contribution in [0.2, 0.25) is 0 Å². The zero-order valence-electron chi connectivity index (χ0n) is 16.1. The van der Waals surface area contributed by atoms with Crippen molar-refractivity contribution in [2.45, 2.75) is 38.8 Å². The van der Waals surface area contributed by atoms with Crippen molar-refractivity contribution < 1.29 is 14.3 Å². The molecule has 0 spiro atoms. The molecule has 2 amide bonds. The van der Waals surface area contributed by atoms with Crippen molar-refractivity contribution in [3.63, 3.8) is 0 Å². The minimum Gasteiger partial charge on any atom is -0.453 e. The number of hydrogen-bond donors (Lipinski definition) is 3. The molecule has 0 saturated carbocycles. The monoisotopic (exact) mass is 386 g/mol. The number of methoxy groups -OCH3 is 1. The predicted octanol–water partition coefficient (Wildman–Crippen LogP) is 2.79. The molecule has 10 heteroatoms. The normalized spacial score (nSPS) is 17.4. The van der Waals surface area contributed by atoms with E-state index in [9.17, 15) is 9.59 Å². The van der Waals surface area contributed by atoms with Gasteiger partial charge in [0.05, 0.1) is 24.2 Å². The lowest BCUT2D eigenvalue weighted by Crippen LogP contribution is -2.51. The number of hydrogen-bond acceptors (Lipinski definition) is 6. The van der Waals surface area contributed by atoms with E-state index in [0.29, 0.717) is 18.1 Å². The van der Waals surface area contributed by atoms with E-state index in [1.165, 1.54) is 7.11 Å². The second-order valence-corrected chi connectivity index (χ2v) is 7.07. The van der Waals surface area contributed by atoms with E-state index in [1.54, 1.807) is 23.1 Å². The van der Waals surface area contributed by atoms with E-state index in [2.05, 4.69) is 30.0 Å². The zero-order valence-corrected chi connectivity index (χ0v) is 16.1. The molecule has 10 nitrogen and oxygen atoms in total. The summed E-state index contributed by atoms with van der Waals surface area (Å²) in [5.74, 6) is 0.467. The Balaban J connectivity index is 1.87. The molecule has 1 aromatic heterocycles. The van der Waals surface area contributed by atoms with E-state index >= 15 is 0 Å². The van der Waals surface area contributed by atoms with E-state index in [4.69, 9.17) is 5.53 Å². The van der Waals surface area contributed by atoms with Gasteiger partial charge < -0.3 is 19.9 Å². The number of aromatic amines is 1. The molecule has 3 N–H and O–H groups in total. The van der Waals surface area contributed by atoms with Crippen LogP contribution in [0, 0.1) is 11.4 Å². The first kappa shape index (κ1) is 19.5. The molecule has 0 aliphatic carbocycles. The fourth-order valence-electron chi connectivity index (χ4n) is 3.49. The minimum absolute atomic E-state index is 0.0821. The Morgan fingerprint density at radius 2 is 2.25 bits per heavy atom. The van der Waals surface area contributed by atoms with Crippen LogP contribution < -0.4 is 10.2 Å². The molecule has 1 fully saturated rings. The van der Waals surface area contributed by atoms with Crippen molar-refractivity contribution in [1.29, 1.82) is 5.53 Å². The van der Waals surface area contributed by atoms with Crippen molar-refractivity contribution in [2.24, 2.45) is 11.0 Å². The maximum atomic E-state index is 13.1. The predicted molar refractivity (Wildman–Crippen MR) is 101 cm³/mol. The van der Waals surface area contributed by atoms with E-state index in [-0.39, 0.29) is 17.9 Å². The lowest BCUT2D eigenvalue weighted by Gasteiger charge is -2.29. The zero-order chi connectivity index (χ0) is 20.3. The molecule has 2 atom stereocenters. The fourth-order valence-corrected chi connectivity index (χ4v) is 3.49. The van der Waals surface area contributed by atoms with Crippen molar-refractivity contribution in [3.05, 3.63) is 24.0 Å². The topological polar surface area (TPSA) is 138 Å². The lowest BCUT2D eigenvalue weighted by atomic mass is 10.0. The molecule has 2 heterocycles. The number of nitrogens with zero attached hydrogens (tertiary/aromatic N) is 4. The standard InChI is InChI=1S/C18H23N7O3/c1-10(2)15(22-18(27)28-3)17(26)25-8-4-5-14(25)16-20-12-7-6-11(23-24-19)9-13(12)21-16/h6-7,9-10,14-15,19H,4-5,8H2,1-3H3,(H,22,27)/p+1/t14-,15-/m0/s1. The molecule has 1 aliphatic rings. The third kappa shape index (κ3) is 3.86. The first-order valence-electron chi connectivity index (χ1n) is 9.16. The molecule has 1 aliphatic heterocycles. The number of nitrogens with one attached hydrogen (secondary N) is 3. The van der Waals surface area contributed by atoms with Crippen molar-refractivity contribution in [1.82, 2.24) is 25.1 Å². The first-order chi connectivity index (χ1) is 13.4. The van der Waals surface area contributed by atoms with Gasteiger partial charge in [-0.15, -0.1) is 0 Å². The maximum absolute atomic E-state index is 13.1. The van der Waals surface area contributed by atoms with Crippen LogP contribution in [0.5, 0.6) is 0 Å². The van der Waals surface area contributed by atoms with Crippen molar-refractivity contribution >= 4 is 28.7 Å². The smallest absolute Gasteiger partial charge is 0.407 e. The summed E-state index contributed by atoms with van der Waals surface area (Å²) >= 11 is 0. The van der Waals surface area contributed by atoms with Gasteiger partial charge in [0.1, 0.15) is 17.4 Å². The molecular weight excluding hydrogens is 362 g/mol. The molecule has 3 rings (SSSR count). The Labute approximate surface area is 161 Å². The highest BCUT2D eigenvalue weighted by molar-refractivity contribution is 5.86. The van der Waals surface area contributed by atoms with Crippen molar-refractivity contribution in [3.8, 4) is 0 Å². The van der Waals surface area contributed by atoms with Gasteiger partial charge in [0, 0.05) is 6.54 Å². The number of amides is 2. The molecular formula is C18H24N7O3+. The highest BCUT2D eigenvalue weighted by atomic mass is 16.5. The number of likely N-dealkylation sites (tertiary alicyclic amines) is 1. The second kappa shape index (κ2) is 8.18. The van der Waals surface area contributed by atoms with Crippen LogP contribution in [-0.4, -0.2) is 46.6 Å². The first-order valence-corrected chi connectivity index (χ1v) is 9.16. The third-order valence-electron chi connectivity index (χ3n) is 4.89. The van der Waals surface area contributed by atoms with Crippen LogP contribution in [0.3, 0.4) is 0 Å². The lowest BCUT2D eigenvalue weighted by molar-refractivity contribution is -0.135. The van der Waals surface area contributed by atoms with Gasteiger partial charge in [0.15, 0.2) is 10.8 Å². The van der Waals surface area contributed by atoms with E-state index in [1.807, 2.05) is 13.8 Å². The minimum atomic E-state index is -0.665. The average molecular weight is 386 g/mol. The SMILES string of the molecule is COC(=O)N[C@H](C(=O)N1CCC[C@H]1c1nc2ccc(N=[N+]=N)cc2[nH]1)C(C)C. The Morgan fingerprint density at radius 1 is 1.46 bits per heavy atom. The van der Waals surface area contributed by atoms with E-state index in [0.717, 1.165) is 23.9 Å². The fraction of sp³-hybridized carbons (Fsp3) is 0.500. The summed E-state index contributed by atoms with van der Waals surface area (Å²) in [4.78, 5) is 37.5. The van der Waals surface area contributed by atoms with Gasteiger partial charge in [0.25, 0.3) is 0 Å². The molecule has 0 unspecified atom stereocenters. The molecule has 0 bridgehead atoms. The quantitative estimate of drug-likeness (QED) is 0.537. The van der Waals surface area contributed by atoms with Gasteiger partial charge in [-0.25, -0.2) is 9.78 Å². The number of H-pyrrole nitrogens is 1. The molecule has 148 valence electrons. The number of carbonyl (C=O) groups excluding carboxylic acids is 2. The number of rotatable bonds is 5. The molecule has 1 aromatic carbocycles. The Kier molecular flexibility index (Phi) is 5.70. The summed E-state index contributed by atoms with van der Waals surface area (Å²) in [6.07, 6.45) is 1.02. The Hall–Kier alpha value is -3.26. The summed E-state index contributed by atoms with van der Waals surface area (Å²) in [7, 11) is 1.28. The maximum Gasteiger partial charge on any atom is 0.407 e. The van der Waals surface area contributed by atoms with Crippen LogP contribution in [0.4, 0.5) is 10.5 Å². The average Bonchev–Trinajstić information content (AvgIpc) is 3.31. The van der Waals surface area contributed by atoms with Crippen LogP contribution >= 0.6 is 0 Å². The molecule has 0 radical (unpaired) electrons. The highest BCUT2D eigenvalue weighted by Gasteiger charge is 2.37. The highest BCUT2D eigenvalue weighted by Crippen LogP contribution is 2.33. The summed E-state index contributed by atoms with van der Waals surface area (Å²) in [6.45, 7) is 4.37. The summed E-state index contributed by atoms with van der Waals surface area (Å²) in [6, 6.07) is 4.44. The number of alkyl carbamates (subject to hydrolysis) is 1. The van der Waals surface area contributed by atoms with E-state index < -0.39 is 12.1 Å². The number of benzene rings is 1. The third-order valence-corrected chi connectivity index (χ3v) is 4.89. The van der Waals surface area contributed by atoms with Crippen LogP contribution in [0.1, 0.15) is 38.6 Å². The van der Waals surface area contributed by atoms with Gasteiger partial charge in [-0.2, -0.15) is 0 Å². The van der Waals surface area contributed by atoms with Crippen LogP contribution in [0.15, 0.2) is 23.3 Å². The molecule has 2 aromatic rings. The van der Waals surface area contributed by atoms with Crippen LogP contribution in [0.25, 0.3) is 11.0 Å². The van der Waals surface area contributed by atoms with Gasteiger partial charge in [0.2, 0.25) is 10.8 Å². The number of imidazole rings is 1. The van der Waals surface area contributed by atoms with Crippen LogP contribution in [-0.2, 0) is 9.53 Å². The van der Waals surface area contributed by atoms with Gasteiger partial charge in [-0.05, 0) is 37.0 Å². The largest absolute Gasteiger partial charge is 0.453 e. The summed E-state index contributed by atoms with van der Waals surface area (Å²) in [5.41, 5.74) is 8.93. The van der Waals surface area contributed by atoms with Gasteiger partial charge in [-0.1, -0.05) is 13.8 Å². The summed E-state index contributed by atoms with van der Waals surface area (Å²) in [5, 5.41) is 6.35. The van der Waals surface area contributed by atoms with Gasteiger partial charge in [-0.3, -0.25) is 4.79 Å². The summed E-state index contributed by atoms with van der Waals surface area (Å²) < 4.78 is 4.66. The molecule has 28 heavy (non-hydrogen) atoms. The van der Waals surface area contributed by atoms with Gasteiger partial charge >= 0.3 is 6.09 Å². The second-order valence-electron chi connectivity index (χ2n) is 7.07. The number of aromatic nitrogens is 2.